The Kier molecular flexibility index (Phi) is 4.91. The molecule has 0 saturated carbocycles. The Hall–Kier alpha value is -2.58. The van der Waals surface area contributed by atoms with Gasteiger partial charge in [0.1, 0.15) is 11.6 Å². The molecule has 0 aliphatic carbocycles. The smallest absolute Gasteiger partial charge is 0.289 e. The molecular weight excluding hydrogens is 366 g/mol. The van der Waals surface area contributed by atoms with Crippen LogP contribution >= 0.6 is 23.4 Å². The van der Waals surface area contributed by atoms with Crippen molar-refractivity contribution < 1.29 is 14.5 Å². The summed E-state index contributed by atoms with van der Waals surface area (Å²) in [6, 6.07) is 11.3. The average Bonchev–Trinajstić information content (AvgIpc) is 2.59. The zero-order valence-corrected chi connectivity index (χ0v) is 14.3. The number of carbonyl (C=O) groups excluding carboxylic acids is 2. The first-order valence-corrected chi connectivity index (χ1v) is 8.58. The van der Waals surface area contributed by atoms with Gasteiger partial charge in [-0.15, -0.1) is 11.8 Å². The number of nitro benzene ring substituents is 1. The fourth-order valence-electron chi connectivity index (χ4n) is 2.40. The minimum Gasteiger partial charge on any atom is -0.324 e. The van der Waals surface area contributed by atoms with Crippen molar-refractivity contribution in [3.8, 4) is 0 Å². The predicted molar refractivity (Wildman–Crippen MR) is 96.3 cm³/mol. The summed E-state index contributed by atoms with van der Waals surface area (Å²) in [4.78, 5) is 37.1. The van der Waals surface area contributed by atoms with Gasteiger partial charge in [0.15, 0.2) is 0 Å². The zero-order valence-electron chi connectivity index (χ0n) is 12.8. The van der Waals surface area contributed by atoms with Crippen LogP contribution in [-0.4, -0.2) is 29.0 Å². The second kappa shape index (κ2) is 7.12. The van der Waals surface area contributed by atoms with Crippen molar-refractivity contribution in [1.82, 2.24) is 0 Å². The van der Waals surface area contributed by atoms with E-state index in [1.165, 1.54) is 34.9 Å². The highest BCUT2D eigenvalue weighted by molar-refractivity contribution is 8.00. The number of halogens is 1. The van der Waals surface area contributed by atoms with Gasteiger partial charge < -0.3 is 10.2 Å². The second-order valence-electron chi connectivity index (χ2n) is 5.21. The molecule has 0 spiro atoms. The maximum Gasteiger partial charge on any atom is 0.289 e. The molecule has 0 saturated heterocycles. The van der Waals surface area contributed by atoms with E-state index in [1.807, 2.05) is 12.1 Å². The molecule has 2 aromatic rings. The van der Waals surface area contributed by atoms with Gasteiger partial charge in [-0.05, 0) is 24.3 Å². The second-order valence-corrected chi connectivity index (χ2v) is 6.63. The largest absolute Gasteiger partial charge is 0.324 e. The Morgan fingerprint density at radius 2 is 2.08 bits per heavy atom. The Morgan fingerprint density at radius 3 is 2.84 bits per heavy atom. The quantitative estimate of drug-likeness (QED) is 0.651. The number of nitrogens with one attached hydrogen (secondary N) is 1. The number of hydrogen-bond donors (Lipinski definition) is 1. The summed E-state index contributed by atoms with van der Waals surface area (Å²) in [5, 5.41) is 13.5. The molecule has 1 aliphatic rings. The lowest BCUT2D eigenvalue weighted by molar-refractivity contribution is -0.384. The first-order chi connectivity index (χ1) is 12.0. The van der Waals surface area contributed by atoms with Gasteiger partial charge in [-0.2, -0.15) is 0 Å². The lowest BCUT2D eigenvalue weighted by Gasteiger charge is -2.28. The van der Waals surface area contributed by atoms with Crippen molar-refractivity contribution in [3.63, 3.8) is 0 Å². The van der Waals surface area contributed by atoms with Crippen LogP contribution in [-0.2, 0) is 9.59 Å². The molecule has 0 fully saturated rings. The average molecular weight is 378 g/mol. The summed E-state index contributed by atoms with van der Waals surface area (Å²) >= 11 is 7.17. The molecule has 25 heavy (non-hydrogen) atoms. The number of carbonyl (C=O) groups is 2. The highest BCUT2D eigenvalue weighted by Crippen LogP contribution is 2.34. The maximum atomic E-state index is 12.3. The molecule has 2 amide bonds. The van der Waals surface area contributed by atoms with Crippen LogP contribution in [0.2, 0.25) is 5.02 Å². The summed E-state index contributed by atoms with van der Waals surface area (Å²) in [5.41, 5.74) is 0.629. The third kappa shape index (κ3) is 3.75. The topological polar surface area (TPSA) is 92.6 Å². The van der Waals surface area contributed by atoms with E-state index in [4.69, 9.17) is 11.6 Å². The lowest BCUT2D eigenvalue weighted by Crippen LogP contribution is -2.41. The summed E-state index contributed by atoms with van der Waals surface area (Å²) in [6.45, 7) is -0.174. The van der Waals surface area contributed by atoms with Gasteiger partial charge >= 0.3 is 0 Å². The van der Waals surface area contributed by atoms with Gasteiger partial charge in [0.2, 0.25) is 11.8 Å². The van der Waals surface area contributed by atoms with Crippen molar-refractivity contribution >= 4 is 52.2 Å². The van der Waals surface area contributed by atoms with E-state index in [2.05, 4.69) is 5.32 Å². The van der Waals surface area contributed by atoms with Crippen LogP contribution in [0.4, 0.5) is 17.1 Å². The Morgan fingerprint density at radius 1 is 1.32 bits per heavy atom. The Balaban J connectivity index is 1.76. The van der Waals surface area contributed by atoms with Crippen molar-refractivity contribution in [2.24, 2.45) is 0 Å². The molecule has 3 rings (SSSR count). The van der Waals surface area contributed by atoms with Crippen LogP contribution in [0.1, 0.15) is 0 Å². The normalized spacial score (nSPS) is 13.3. The van der Waals surface area contributed by atoms with Crippen LogP contribution in [0, 0.1) is 10.1 Å². The van der Waals surface area contributed by atoms with Crippen molar-refractivity contribution in [1.29, 1.82) is 0 Å². The number of rotatable bonds is 4. The molecule has 1 heterocycles. The molecule has 1 aliphatic heterocycles. The first-order valence-electron chi connectivity index (χ1n) is 7.21. The van der Waals surface area contributed by atoms with Crippen molar-refractivity contribution in [2.45, 2.75) is 4.90 Å². The van der Waals surface area contributed by atoms with E-state index in [9.17, 15) is 19.7 Å². The summed E-state index contributed by atoms with van der Waals surface area (Å²) < 4.78 is 0. The van der Waals surface area contributed by atoms with Gasteiger partial charge in [-0.1, -0.05) is 23.7 Å². The van der Waals surface area contributed by atoms with Crippen LogP contribution < -0.4 is 10.2 Å². The summed E-state index contributed by atoms with van der Waals surface area (Å²) in [7, 11) is 0. The number of nitro groups is 1. The van der Waals surface area contributed by atoms with Gasteiger partial charge in [-0.25, -0.2) is 0 Å². The van der Waals surface area contributed by atoms with E-state index in [-0.39, 0.29) is 34.6 Å². The highest BCUT2D eigenvalue weighted by Gasteiger charge is 2.26. The van der Waals surface area contributed by atoms with Gasteiger partial charge in [0.25, 0.3) is 5.69 Å². The molecule has 9 heteroatoms. The summed E-state index contributed by atoms with van der Waals surface area (Å²) in [6.07, 6.45) is 0. The van der Waals surface area contributed by atoms with Crippen LogP contribution in [0.3, 0.4) is 0 Å². The third-order valence-electron chi connectivity index (χ3n) is 3.54. The SMILES string of the molecule is O=C(CN1C(=O)CSc2ccccc21)Nc1ccc(Cl)c([N+](=O)[O-])c1. The third-order valence-corrected chi connectivity index (χ3v) is 4.90. The first kappa shape index (κ1) is 17.2. The van der Waals surface area contributed by atoms with Crippen molar-refractivity contribution in [3.05, 3.63) is 57.6 Å². The standard InChI is InChI=1S/C16H12ClN3O4S/c17-11-6-5-10(7-13(11)20(23)24)18-15(21)8-19-12-3-1-2-4-14(12)25-9-16(19)22/h1-7H,8-9H2,(H,18,21). The molecule has 128 valence electrons. The van der Waals surface area contributed by atoms with E-state index in [0.29, 0.717) is 5.69 Å². The highest BCUT2D eigenvalue weighted by atomic mass is 35.5. The number of anilines is 2. The minimum atomic E-state index is -0.625. The molecule has 0 radical (unpaired) electrons. The molecule has 1 N–H and O–H groups in total. The number of para-hydroxylation sites is 1. The van der Waals surface area contributed by atoms with Gasteiger partial charge in [0.05, 0.1) is 16.4 Å². The molecular formula is C16H12ClN3O4S. The lowest BCUT2D eigenvalue weighted by atomic mass is 10.2. The van der Waals surface area contributed by atoms with E-state index >= 15 is 0 Å². The minimum absolute atomic E-state index is 0.0137. The molecule has 0 unspecified atom stereocenters. The molecule has 0 bridgehead atoms. The molecule has 0 aromatic heterocycles. The van der Waals surface area contributed by atoms with E-state index < -0.39 is 10.8 Å². The molecule has 0 atom stereocenters. The fraction of sp³-hybridized carbons (Fsp3) is 0.125. The summed E-state index contributed by atoms with van der Waals surface area (Å²) in [5.74, 6) is -0.357. The van der Waals surface area contributed by atoms with Gasteiger partial charge in [0, 0.05) is 16.6 Å². The number of thioether (sulfide) groups is 1. The number of nitrogens with zero attached hydrogens (tertiary/aromatic N) is 2. The van der Waals surface area contributed by atoms with Crippen LogP contribution in [0.15, 0.2) is 47.4 Å². The maximum absolute atomic E-state index is 12.3. The molecule has 7 nitrogen and oxygen atoms in total. The Bertz CT molecular complexity index is 874. The van der Waals surface area contributed by atoms with E-state index in [1.54, 1.807) is 12.1 Å². The number of amides is 2. The van der Waals surface area contributed by atoms with Gasteiger partial charge in [-0.3, -0.25) is 19.7 Å². The van der Waals surface area contributed by atoms with Crippen LogP contribution in [0.5, 0.6) is 0 Å². The van der Waals surface area contributed by atoms with E-state index in [0.717, 1.165) is 4.90 Å². The fourth-order valence-corrected chi connectivity index (χ4v) is 3.52. The predicted octanol–water partition coefficient (Wildman–Crippen LogP) is 3.33. The monoisotopic (exact) mass is 377 g/mol. The Labute approximate surface area is 152 Å². The zero-order chi connectivity index (χ0) is 18.0. The number of fused-ring (bicyclic) bond motifs is 1. The number of hydrogen-bond acceptors (Lipinski definition) is 5. The number of benzene rings is 2. The van der Waals surface area contributed by atoms with Crippen LogP contribution in [0.25, 0.3) is 0 Å². The molecule has 2 aromatic carbocycles. The van der Waals surface area contributed by atoms with Crippen molar-refractivity contribution in [2.75, 3.05) is 22.5 Å².